The second-order valence-corrected chi connectivity index (χ2v) is 5.21. The molecule has 1 fully saturated rings. The van der Waals surface area contributed by atoms with Crippen molar-refractivity contribution in [3.63, 3.8) is 0 Å². The van der Waals surface area contributed by atoms with Gasteiger partial charge < -0.3 is 25.6 Å². The molecule has 132 valence electrons. The van der Waals surface area contributed by atoms with Crippen molar-refractivity contribution in [2.45, 2.75) is 25.3 Å². The summed E-state index contributed by atoms with van der Waals surface area (Å²) in [5, 5.41) is 20.9. The number of carboxylic acids is 2. The Bertz CT molecular complexity index is 542. The number of methoxy groups -OCH3 is 1. The molecule has 8 nitrogen and oxygen atoms in total. The first-order valence-electron chi connectivity index (χ1n) is 7.51. The monoisotopic (exact) mass is 338 g/mol. The minimum atomic E-state index is -1.82. The Morgan fingerprint density at radius 1 is 1.12 bits per heavy atom. The minimum Gasteiger partial charge on any atom is -0.497 e. The van der Waals surface area contributed by atoms with E-state index in [1.807, 2.05) is 24.3 Å². The molecule has 0 radical (unpaired) electrons. The van der Waals surface area contributed by atoms with E-state index in [2.05, 4.69) is 10.6 Å². The van der Waals surface area contributed by atoms with Gasteiger partial charge in [-0.25, -0.2) is 9.59 Å². The van der Waals surface area contributed by atoms with Crippen molar-refractivity contribution in [3.8, 4) is 5.75 Å². The van der Waals surface area contributed by atoms with E-state index in [1.165, 1.54) is 18.4 Å². The number of carbonyl (C=O) groups is 3. The van der Waals surface area contributed by atoms with E-state index in [-0.39, 0.29) is 5.91 Å². The zero-order valence-electron chi connectivity index (χ0n) is 13.4. The third kappa shape index (κ3) is 8.74. The molecule has 0 aliphatic heterocycles. The predicted molar refractivity (Wildman–Crippen MR) is 86.0 cm³/mol. The topological polar surface area (TPSA) is 125 Å². The summed E-state index contributed by atoms with van der Waals surface area (Å²) < 4.78 is 5.09. The molecule has 0 unspecified atom stereocenters. The SMILES string of the molecule is COc1ccc(CCNC(=O)CNC2CC2)cc1.O=C(O)C(=O)O. The number of carbonyl (C=O) groups excluding carboxylic acids is 1. The molecular formula is C16H22N2O6. The number of rotatable bonds is 7. The highest BCUT2D eigenvalue weighted by molar-refractivity contribution is 6.27. The van der Waals surface area contributed by atoms with Crippen LogP contribution in [0.2, 0.25) is 0 Å². The van der Waals surface area contributed by atoms with Gasteiger partial charge in [-0.05, 0) is 37.0 Å². The van der Waals surface area contributed by atoms with Crippen molar-refractivity contribution < 1.29 is 29.3 Å². The molecule has 1 aliphatic carbocycles. The lowest BCUT2D eigenvalue weighted by atomic mass is 10.1. The van der Waals surface area contributed by atoms with Crippen LogP contribution in [0, 0.1) is 0 Å². The zero-order chi connectivity index (χ0) is 17.9. The van der Waals surface area contributed by atoms with E-state index in [4.69, 9.17) is 24.5 Å². The molecule has 24 heavy (non-hydrogen) atoms. The van der Waals surface area contributed by atoms with Crippen LogP contribution in [0.3, 0.4) is 0 Å². The molecule has 1 amide bonds. The number of ether oxygens (including phenoxy) is 1. The molecule has 0 aromatic heterocycles. The minimum absolute atomic E-state index is 0.0791. The van der Waals surface area contributed by atoms with Crippen LogP contribution >= 0.6 is 0 Å². The Morgan fingerprint density at radius 3 is 2.17 bits per heavy atom. The van der Waals surface area contributed by atoms with E-state index >= 15 is 0 Å². The summed E-state index contributed by atoms with van der Waals surface area (Å²) in [5.41, 5.74) is 1.20. The summed E-state index contributed by atoms with van der Waals surface area (Å²) in [6.45, 7) is 1.12. The molecule has 0 bridgehead atoms. The van der Waals surface area contributed by atoms with Crippen LogP contribution in [0.15, 0.2) is 24.3 Å². The molecule has 1 saturated carbocycles. The maximum atomic E-state index is 11.5. The van der Waals surface area contributed by atoms with Gasteiger partial charge in [0.15, 0.2) is 0 Å². The lowest BCUT2D eigenvalue weighted by molar-refractivity contribution is -0.159. The van der Waals surface area contributed by atoms with Crippen LogP contribution in [0.5, 0.6) is 5.75 Å². The molecule has 1 aliphatic rings. The normalized spacial score (nSPS) is 12.5. The van der Waals surface area contributed by atoms with Gasteiger partial charge in [0, 0.05) is 12.6 Å². The number of amides is 1. The summed E-state index contributed by atoms with van der Waals surface area (Å²) in [5.74, 6) is -2.71. The maximum absolute atomic E-state index is 11.5. The standard InChI is InChI=1S/C14H20N2O2.C2H2O4/c1-18-13-6-2-11(3-7-13)8-9-15-14(17)10-16-12-4-5-12;3-1(4)2(5)6/h2-3,6-7,12,16H,4-5,8-10H2,1H3,(H,15,17);(H,3,4)(H,5,6). The number of hydrogen-bond acceptors (Lipinski definition) is 5. The van der Waals surface area contributed by atoms with Crippen molar-refractivity contribution >= 4 is 17.8 Å². The quantitative estimate of drug-likeness (QED) is 0.526. The Kier molecular flexibility index (Phi) is 8.28. The summed E-state index contributed by atoms with van der Waals surface area (Å²) in [4.78, 5) is 29.7. The molecule has 1 aromatic rings. The highest BCUT2D eigenvalue weighted by Gasteiger charge is 2.20. The van der Waals surface area contributed by atoms with Gasteiger partial charge in [-0.3, -0.25) is 4.79 Å². The number of benzene rings is 1. The fourth-order valence-corrected chi connectivity index (χ4v) is 1.73. The average molecular weight is 338 g/mol. The maximum Gasteiger partial charge on any atom is 0.414 e. The van der Waals surface area contributed by atoms with Gasteiger partial charge in [0.05, 0.1) is 13.7 Å². The summed E-state index contributed by atoms with van der Waals surface area (Å²) in [6.07, 6.45) is 3.26. The summed E-state index contributed by atoms with van der Waals surface area (Å²) in [6, 6.07) is 8.50. The largest absolute Gasteiger partial charge is 0.497 e. The van der Waals surface area contributed by atoms with Gasteiger partial charge in [-0.15, -0.1) is 0 Å². The third-order valence-corrected chi connectivity index (χ3v) is 3.21. The van der Waals surface area contributed by atoms with Crippen molar-refractivity contribution in [2.24, 2.45) is 0 Å². The molecule has 2 rings (SSSR count). The molecule has 0 heterocycles. The van der Waals surface area contributed by atoms with Gasteiger partial charge in [0.1, 0.15) is 5.75 Å². The van der Waals surface area contributed by atoms with Crippen molar-refractivity contribution in [1.29, 1.82) is 0 Å². The van der Waals surface area contributed by atoms with Crippen LogP contribution in [-0.2, 0) is 20.8 Å². The Labute approximate surface area is 139 Å². The predicted octanol–water partition coefficient (Wildman–Crippen LogP) is 0.262. The molecule has 1 aromatic carbocycles. The third-order valence-electron chi connectivity index (χ3n) is 3.21. The van der Waals surface area contributed by atoms with Crippen molar-refractivity contribution in [2.75, 3.05) is 20.2 Å². The second kappa shape index (κ2) is 10.2. The van der Waals surface area contributed by atoms with Gasteiger partial charge in [0.2, 0.25) is 5.91 Å². The highest BCUT2D eigenvalue weighted by atomic mass is 16.5. The molecular weight excluding hydrogens is 316 g/mol. The molecule has 8 heteroatoms. The van der Waals surface area contributed by atoms with Crippen LogP contribution in [-0.4, -0.2) is 54.3 Å². The van der Waals surface area contributed by atoms with E-state index < -0.39 is 11.9 Å². The number of hydrogen-bond donors (Lipinski definition) is 4. The van der Waals surface area contributed by atoms with Gasteiger partial charge >= 0.3 is 11.9 Å². The van der Waals surface area contributed by atoms with Gasteiger partial charge in [0.25, 0.3) is 0 Å². The van der Waals surface area contributed by atoms with Crippen molar-refractivity contribution in [1.82, 2.24) is 10.6 Å². The Balaban J connectivity index is 0.000000413. The van der Waals surface area contributed by atoms with Crippen LogP contribution < -0.4 is 15.4 Å². The van der Waals surface area contributed by atoms with E-state index in [0.29, 0.717) is 19.1 Å². The van der Waals surface area contributed by atoms with Crippen molar-refractivity contribution in [3.05, 3.63) is 29.8 Å². The summed E-state index contributed by atoms with van der Waals surface area (Å²) in [7, 11) is 1.65. The lowest BCUT2D eigenvalue weighted by Gasteiger charge is -2.06. The first-order chi connectivity index (χ1) is 11.4. The first-order valence-corrected chi connectivity index (χ1v) is 7.51. The van der Waals surface area contributed by atoms with E-state index in [9.17, 15) is 4.79 Å². The van der Waals surface area contributed by atoms with Gasteiger partial charge in [-0.2, -0.15) is 0 Å². The number of carboxylic acid groups (broad SMARTS) is 2. The van der Waals surface area contributed by atoms with Gasteiger partial charge in [-0.1, -0.05) is 12.1 Å². The second-order valence-electron chi connectivity index (χ2n) is 5.21. The average Bonchev–Trinajstić information content (AvgIpc) is 3.38. The fourth-order valence-electron chi connectivity index (χ4n) is 1.73. The zero-order valence-corrected chi connectivity index (χ0v) is 13.4. The van der Waals surface area contributed by atoms with Crippen LogP contribution in [0.1, 0.15) is 18.4 Å². The molecule has 0 saturated heterocycles. The molecule has 0 atom stereocenters. The smallest absolute Gasteiger partial charge is 0.414 e. The van der Waals surface area contributed by atoms with E-state index in [1.54, 1.807) is 7.11 Å². The van der Waals surface area contributed by atoms with Crippen LogP contribution in [0.4, 0.5) is 0 Å². The number of nitrogens with one attached hydrogen (secondary N) is 2. The fraction of sp³-hybridized carbons (Fsp3) is 0.438. The van der Waals surface area contributed by atoms with Crippen LogP contribution in [0.25, 0.3) is 0 Å². The molecule has 4 N–H and O–H groups in total. The Morgan fingerprint density at radius 2 is 1.71 bits per heavy atom. The highest BCUT2D eigenvalue weighted by Crippen LogP contribution is 2.17. The van der Waals surface area contributed by atoms with E-state index in [0.717, 1.165) is 12.2 Å². The number of aliphatic carboxylic acids is 2. The molecule has 0 spiro atoms. The first kappa shape index (κ1) is 19.4. The summed E-state index contributed by atoms with van der Waals surface area (Å²) >= 11 is 0. The Hall–Kier alpha value is -2.61. The lowest BCUT2D eigenvalue weighted by Crippen LogP contribution is -2.35.